The van der Waals surface area contributed by atoms with Crippen LogP contribution in [0.4, 0.5) is 5.69 Å². The summed E-state index contributed by atoms with van der Waals surface area (Å²) in [5.74, 6) is -0.641. The van der Waals surface area contributed by atoms with Crippen molar-refractivity contribution in [2.24, 2.45) is 0 Å². The fourth-order valence-corrected chi connectivity index (χ4v) is 3.99. The number of nitro groups is 1. The molecule has 0 unspecified atom stereocenters. The largest absolute Gasteiger partial charge is 0.456 e. The number of halogens is 1. The zero-order valence-electron chi connectivity index (χ0n) is 14.0. The molecule has 0 saturated carbocycles. The molecule has 0 aliphatic heterocycles. The second kappa shape index (κ2) is 8.51. The molecule has 27 heavy (non-hydrogen) atoms. The SMILES string of the molecule is CSc1ccc(C(=O)OCc2csc(-c3ccccc3Cl)n2)cc1[N+](=O)[O-]. The first-order valence-electron chi connectivity index (χ1n) is 7.68. The van der Waals surface area contributed by atoms with E-state index in [-0.39, 0.29) is 17.9 Å². The Morgan fingerprint density at radius 2 is 2.11 bits per heavy atom. The number of nitrogens with zero attached hydrogens (tertiary/aromatic N) is 2. The van der Waals surface area contributed by atoms with Crippen molar-refractivity contribution in [1.29, 1.82) is 0 Å². The molecule has 0 atom stereocenters. The molecule has 138 valence electrons. The molecular weight excluding hydrogens is 408 g/mol. The first kappa shape index (κ1) is 19.3. The first-order valence-corrected chi connectivity index (χ1v) is 10.2. The Kier molecular flexibility index (Phi) is 6.10. The van der Waals surface area contributed by atoms with Gasteiger partial charge in [0.1, 0.15) is 11.6 Å². The lowest BCUT2D eigenvalue weighted by atomic mass is 10.2. The molecule has 6 nitrogen and oxygen atoms in total. The second-order valence-electron chi connectivity index (χ2n) is 5.34. The second-order valence-corrected chi connectivity index (χ2v) is 7.46. The summed E-state index contributed by atoms with van der Waals surface area (Å²) in [5, 5.41) is 14.2. The number of hydrogen-bond acceptors (Lipinski definition) is 7. The molecular formula is C18H13ClN2O4S2. The van der Waals surface area contributed by atoms with Crippen molar-refractivity contribution in [2.75, 3.05) is 6.26 Å². The third-order valence-corrected chi connectivity index (χ3v) is 5.66. The maximum Gasteiger partial charge on any atom is 0.338 e. The van der Waals surface area contributed by atoms with Gasteiger partial charge in [-0.1, -0.05) is 29.8 Å². The highest BCUT2D eigenvalue weighted by atomic mass is 35.5. The molecule has 0 aliphatic carbocycles. The van der Waals surface area contributed by atoms with Crippen LogP contribution in [-0.2, 0) is 11.3 Å². The molecule has 0 spiro atoms. The Labute approximate surface area is 168 Å². The van der Waals surface area contributed by atoms with E-state index < -0.39 is 10.9 Å². The number of nitro benzene ring substituents is 1. The standard InChI is InChI=1S/C18H13ClN2O4S2/c1-26-16-7-6-11(8-15(16)21(23)24)18(22)25-9-12-10-27-17(20-12)13-4-2-3-5-14(13)19/h2-8,10H,9H2,1H3. The van der Waals surface area contributed by atoms with Gasteiger partial charge in [0.15, 0.2) is 0 Å². The summed E-state index contributed by atoms with van der Waals surface area (Å²) < 4.78 is 5.24. The molecule has 2 aromatic carbocycles. The molecule has 1 heterocycles. The third-order valence-electron chi connectivity index (χ3n) is 3.62. The summed E-state index contributed by atoms with van der Waals surface area (Å²) in [6, 6.07) is 11.6. The van der Waals surface area contributed by atoms with E-state index in [9.17, 15) is 14.9 Å². The molecule has 0 aliphatic rings. The van der Waals surface area contributed by atoms with Gasteiger partial charge in [-0.15, -0.1) is 23.1 Å². The van der Waals surface area contributed by atoms with E-state index in [0.29, 0.717) is 15.6 Å². The maximum atomic E-state index is 12.2. The van der Waals surface area contributed by atoms with Gasteiger partial charge in [-0.05, 0) is 24.5 Å². The van der Waals surface area contributed by atoms with Crippen molar-refractivity contribution in [3.63, 3.8) is 0 Å². The van der Waals surface area contributed by atoms with E-state index >= 15 is 0 Å². The van der Waals surface area contributed by atoms with E-state index in [1.54, 1.807) is 17.7 Å². The predicted octanol–water partition coefficient (Wildman–Crippen LogP) is 5.45. The van der Waals surface area contributed by atoms with Gasteiger partial charge in [-0.3, -0.25) is 10.1 Å². The Balaban J connectivity index is 1.71. The average molecular weight is 421 g/mol. The molecule has 0 N–H and O–H groups in total. The number of thiazole rings is 1. The van der Waals surface area contributed by atoms with Crippen LogP contribution in [0.1, 0.15) is 16.1 Å². The molecule has 3 rings (SSSR count). The summed E-state index contributed by atoms with van der Waals surface area (Å²) >= 11 is 8.80. The zero-order chi connectivity index (χ0) is 19.4. The number of carbonyl (C=O) groups excluding carboxylic acids is 1. The Morgan fingerprint density at radius 1 is 1.33 bits per heavy atom. The molecule has 0 amide bonds. The molecule has 0 radical (unpaired) electrons. The zero-order valence-corrected chi connectivity index (χ0v) is 16.4. The lowest BCUT2D eigenvalue weighted by Gasteiger charge is -2.05. The molecule has 3 aromatic rings. The normalized spacial score (nSPS) is 10.6. The van der Waals surface area contributed by atoms with Crippen molar-refractivity contribution < 1.29 is 14.5 Å². The topological polar surface area (TPSA) is 82.3 Å². The number of aromatic nitrogens is 1. The lowest BCUT2D eigenvalue weighted by Crippen LogP contribution is -2.06. The number of rotatable bonds is 6. The van der Waals surface area contributed by atoms with Gasteiger partial charge < -0.3 is 4.74 Å². The van der Waals surface area contributed by atoms with Crippen molar-refractivity contribution in [3.8, 4) is 10.6 Å². The Bertz CT molecular complexity index is 1010. The summed E-state index contributed by atoms with van der Waals surface area (Å²) in [5.41, 5.74) is 1.40. The Morgan fingerprint density at radius 3 is 2.81 bits per heavy atom. The van der Waals surface area contributed by atoms with E-state index in [1.807, 2.05) is 18.2 Å². The van der Waals surface area contributed by atoms with Crippen LogP contribution in [-0.4, -0.2) is 22.1 Å². The van der Waals surface area contributed by atoms with E-state index in [0.717, 1.165) is 10.6 Å². The smallest absolute Gasteiger partial charge is 0.338 e. The molecule has 0 bridgehead atoms. The van der Waals surface area contributed by atoms with Gasteiger partial charge in [0.25, 0.3) is 5.69 Å². The molecule has 1 aromatic heterocycles. The van der Waals surface area contributed by atoms with Crippen molar-refractivity contribution >= 4 is 46.4 Å². The molecule has 0 fully saturated rings. The number of hydrogen-bond donors (Lipinski definition) is 0. The average Bonchev–Trinajstić information content (AvgIpc) is 3.14. The quantitative estimate of drug-likeness (QED) is 0.228. The van der Waals surface area contributed by atoms with Crippen LogP contribution in [0.5, 0.6) is 0 Å². The van der Waals surface area contributed by atoms with Gasteiger partial charge in [0.05, 0.1) is 26.1 Å². The molecule has 9 heteroatoms. The Hall–Kier alpha value is -2.42. The van der Waals surface area contributed by atoms with Crippen molar-refractivity contribution in [2.45, 2.75) is 11.5 Å². The fourth-order valence-electron chi connectivity index (χ4n) is 2.31. The van der Waals surface area contributed by atoms with Crippen LogP contribution in [0.25, 0.3) is 10.6 Å². The fraction of sp³-hybridized carbons (Fsp3) is 0.111. The van der Waals surface area contributed by atoms with Crippen LogP contribution in [0.3, 0.4) is 0 Å². The molecule has 0 saturated heterocycles. The van der Waals surface area contributed by atoms with Crippen LogP contribution >= 0.6 is 34.7 Å². The number of thioether (sulfide) groups is 1. The summed E-state index contributed by atoms with van der Waals surface area (Å²) in [4.78, 5) is 27.7. The minimum Gasteiger partial charge on any atom is -0.456 e. The summed E-state index contributed by atoms with van der Waals surface area (Å²) in [7, 11) is 0. The van der Waals surface area contributed by atoms with Crippen LogP contribution in [0, 0.1) is 10.1 Å². The third kappa shape index (κ3) is 4.47. The summed E-state index contributed by atoms with van der Waals surface area (Å²) in [6.45, 7) is -0.0299. The van der Waals surface area contributed by atoms with E-state index in [4.69, 9.17) is 16.3 Å². The highest BCUT2D eigenvalue weighted by molar-refractivity contribution is 7.98. The number of carbonyl (C=O) groups is 1. The minimum absolute atomic E-state index is 0.0299. The van der Waals surface area contributed by atoms with Gasteiger partial charge >= 0.3 is 5.97 Å². The highest BCUT2D eigenvalue weighted by Gasteiger charge is 2.18. The van der Waals surface area contributed by atoms with Gasteiger partial charge in [-0.25, -0.2) is 9.78 Å². The van der Waals surface area contributed by atoms with Crippen molar-refractivity contribution in [1.82, 2.24) is 4.98 Å². The lowest BCUT2D eigenvalue weighted by molar-refractivity contribution is -0.387. The predicted molar refractivity (Wildman–Crippen MR) is 107 cm³/mol. The number of benzene rings is 2. The van der Waals surface area contributed by atoms with E-state index in [2.05, 4.69) is 4.98 Å². The summed E-state index contributed by atoms with van der Waals surface area (Å²) in [6.07, 6.45) is 1.74. The number of esters is 1. The van der Waals surface area contributed by atoms with E-state index in [1.165, 1.54) is 41.3 Å². The maximum absolute atomic E-state index is 12.2. The number of ether oxygens (including phenoxy) is 1. The highest BCUT2D eigenvalue weighted by Crippen LogP contribution is 2.31. The van der Waals surface area contributed by atoms with Crippen LogP contribution in [0.15, 0.2) is 52.7 Å². The van der Waals surface area contributed by atoms with Gasteiger partial charge in [0.2, 0.25) is 0 Å². The van der Waals surface area contributed by atoms with Crippen LogP contribution in [0.2, 0.25) is 5.02 Å². The van der Waals surface area contributed by atoms with Crippen LogP contribution < -0.4 is 0 Å². The van der Waals surface area contributed by atoms with Gasteiger partial charge in [0, 0.05) is 17.0 Å². The monoisotopic (exact) mass is 420 g/mol. The van der Waals surface area contributed by atoms with Crippen molar-refractivity contribution in [3.05, 3.63) is 74.2 Å². The first-order chi connectivity index (χ1) is 13.0. The van der Waals surface area contributed by atoms with Gasteiger partial charge in [-0.2, -0.15) is 0 Å². The minimum atomic E-state index is -0.641.